The number of hydrazone groups is 1. The van der Waals surface area contributed by atoms with E-state index in [4.69, 9.17) is 18.9 Å². The third-order valence-corrected chi connectivity index (χ3v) is 4.89. The minimum Gasteiger partial charge on any atom is -0.494 e. The number of benzene rings is 3. The number of nitrogens with zero attached hydrogens (tertiary/aromatic N) is 1. The highest BCUT2D eigenvalue weighted by Gasteiger charge is 2.12. The third kappa shape index (κ3) is 7.08. The molecule has 0 saturated carbocycles. The SMILES string of the molecule is CCOc1ccc(C(=O)Oc2ccc(Br)cc2/C=N/NC(=O)COc2ccccc2OC)cc1. The zero-order valence-corrected chi connectivity index (χ0v) is 20.2. The van der Waals surface area contributed by atoms with Gasteiger partial charge >= 0.3 is 5.97 Å². The molecule has 3 aromatic carbocycles. The molecule has 176 valence electrons. The first-order valence-corrected chi connectivity index (χ1v) is 11.1. The van der Waals surface area contributed by atoms with E-state index < -0.39 is 11.9 Å². The van der Waals surface area contributed by atoms with E-state index in [1.165, 1.54) is 13.3 Å². The van der Waals surface area contributed by atoms with Crippen molar-refractivity contribution >= 4 is 34.0 Å². The van der Waals surface area contributed by atoms with Crippen LogP contribution in [0.15, 0.2) is 76.3 Å². The van der Waals surface area contributed by atoms with Crippen LogP contribution < -0.4 is 24.4 Å². The number of hydrogen-bond acceptors (Lipinski definition) is 7. The molecule has 0 saturated heterocycles. The van der Waals surface area contributed by atoms with Crippen molar-refractivity contribution in [3.63, 3.8) is 0 Å². The van der Waals surface area contributed by atoms with Crippen LogP contribution in [0, 0.1) is 0 Å². The topological polar surface area (TPSA) is 95.5 Å². The van der Waals surface area contributed by atoms with E-state index in [0.717, 1.165) is 4.47 Å². The van der Waals surface area contributed by atoms with Gasteiger partial charge in [0.25, 0.3) is 5.91 Å². The number of hydrogen-bond donors (Lipinski definition) is 1. The number of ether oxygens (including phenoxy) is 4. The summed E-state index contributed by atoms with van der Waals surface area (Å²) in [6.45, 7) is 2.17. The van der Waals surface area contributed by atoms with Crippen molar-refractivity contribution in [2.24, 2.45) is 5.10 Å². The van der Waals surface area contributed by atoms with Crippen LogP contribution in [0.5, 0.6) is 23.0 Å². The molecular weight excluding hydrogens is 504 g/mol. The highest BCUT2D eigenvalue weighted by Crippen LogP contribution is 2.26. The molecule has 0 aromatic heterocycles. The molecule has 3 rings (SSSR count). The molecule has 9 heteroatoms. The number of carbonyl (C=O) groups is 2. The molecule has 34 heavy (non-hydrogen) atoms. The molecule has 0 atom stereocenters. The Kier molecular flexibility index (Phi) is 9.04. The molecule has 0 aliphatic rings. The summed E-state index contributed by atoms with van der Waals surface area (Å²) in [5.74, 6) is 0.914. The second kappa shape index (κ2) is 12.4. The summed E-state index contributed by atoms with van der Waals surface area (Å²) in [6, 6.07) is 18.7. The van der Waals surface area contributed by atoms with Crippen LogP contribution in [0.4, 0.5) is 0 Å². The highest BCUT2D eigenvalue weighted by atomic mass is 79.9. The first kappa shape index (κ1) is 24.8. The molecule has 0 fully saturated rings. The normalized spacial score (nSPS) is 10.6. The largest absolute Gasteiger partial charge is 0.494 e. The Balaban J connectivity index is 1.61. The van der Waals surface area contributed by atoms with Crippen LogP contribution in [0.25, 0.3) is 0 Å². The van der Waals surface area contributed by atoms with E-state index in [1.807, 2.05) is 6.92 Å². The molecule has 0 unspecified atom stereocenters. The summed E-state index contributed by atoms with van der Waals surface area (Å²) >= 11 is 3.38. The van der Waals surface area contributed by atoms with E-state index in [1.54, 1.807) is 66.7 Å². The van der Waals surface area contributed by atoms with Crippen LogP contribution in [0.3, 0.4) is 0 Å². The van der Waals surface area contributed by atoms with Crippen LogP contribution in [0.2, 0.25) is 0 Å². The Labute approximate surface area is 205 Å². The lowest BCUT2D eigenvalue weighted by atomic mass is 10.2. The van der Waals surface area contributed by atoms with Crippen LogP contribution in [0.1, 0.15) is 22.8 Å². The molecule has 0 spiro atoms. The van der Waals surface area contributed by atoms with Crippen molar-refractivity contribution in [2.45, 2.75) is 6.92 Å². The van der Waals surface area contributed by atoms with Gasteiger partial charge in [-0.05, 0) is 61.5 Å². The number of para-hydroxylation sites is 2. The first-order valence-electron chi connectivity index (χ1n) is 10.3. The van der Waals surface area contributed by atoms with Gasteiger partial charge in [0.15, 0.2) is 18.1 Å². The number of methoxy groups -OCH3 is 1. The second-order valence-electron chi connectivity index (χ2n) is 6.76. The van der Waals surface area contributed by atoms with Crippen molar-refractivity contribution < 1.29 is 28.5 Å². The quantitative estimate of drug-likeness (QED) is 0.179. The molecule has 0 aliphatic heterocycles. The number of carbonyl (C=O) groups excluding carboxylic acids is 2. The zero-order valence-electron chi connectivity index (χ0n) is 18.6. The van der Waals surface area contributed by atoms with Crippen LogP contribution in [-0.4, -0.2) is 38.4 Å². The summed E-state index contributed by atoms with van der Waals surface area (Å²) in [5.41, 5.74) is 3.24. The number of nitrogens with one attached hydrogen (secondary N) is 1. The van der Waals surface area contributed by atoms with Crippen LogP contribution >= 0.6 is 15.9 Å². The fourth-order valence-electron chi connectivity index (χ4n) is 2.81. The summed E-state index contributed by atoms with van der Waals surface area (Å²) in [7, 11) is 1.52. The van der Waals surface area contributed by atoms with Gasteiger partial charge in [0.1, 0.15) is 11.5 Å². The average molecular weight is 527 g/mol. The smallest absolute Gasteiger partial charge is 0.343 e. The van der Waals surface area contributed by atoms with Gasteiger partial charge in [0.05, 0.1) is 25.5 Å². The van der Waals surface area contributed by atoms with Crippen molar-refractivity contribution in [3.05, 3.63) is 82.3 Å². The first-order chi connectivity index (χ1) is 16.5. The molecular formula is C25H23BrN2O6. The van der Waals surface area contributed by atoms with E-state index in [2.05, 4.69) is 26.5 Å². The van der Waals surface area contributed by atoms with Gasteiger partial charge in [-0.2, -0.15) is 5.10 Å². The molecule has 8 nitrogen and oxygen atoms in total. The number of esters is 1. The van der Waals surface area contributed by atoms with Gasteiger partial charge in [-0.15, -0.1) is 0 Å². The molecule has 0 radical (unpaired) electrons. The Bertz CT molecular complexity index is 1160. The lowest BCUT2D eigenvalue weighted by molar-refractivity contribution is -0.123. The maximum Gasteiger partial charge on any atom is 0.343 e. The predicted octanol–water partition coefficient (Wildman–Crippen LogP) is 4.60. The summed E-state index contributed by atoms with van der Waals surface area (Å²) in [5, 5.41) is 3.95. The van der Waals surface area contributed by atoms with Crippen molar-refractivity contribution in [2.75, 3.05) is 20.3 Å². The third-order valence-electron chi connectivity index (χ3n) is 4.40. The van der Waals surface area contributed by atoms with Gasteiger partial charge in [0.2, 0.25) is 0 Å². The lowest BCUT2D eigenvalue weighted by Crippen LogP contribution is -2.24. The van der Waals surface area contributed by atoms with Gasteiger partial charge in [0, 0.05) is 10.0 Å². The van der Waals surface area contributed by atoms with Gasteiger partial charge in [-0.3, -0.25) is 4.79 Å². The standard InChI is InChI=1S/C25H23BrN2O6/c1-3-32-20-11-8-17(9-12-20)25(30)34-21-13-10-19(26)14-18(21)15-27-28-24(29)16-33-23-7-5-4-6-22(23)31-2/h4-15H,3,16H2,1-2H3,(H,28,29)/b27-15+. The molecule has 0 bridgehead atoms. The molecule has 0 aliphatic carbocycles. The lowest BCUT2D eigenvalue weighted by Gasteiger charge is -2.10. The monoisotopic (exact) mass is 526 g/mol. The molecule has 1 amide bonds. The predicted molar refractivity (Wildman–Crippen MR) is 131 cm³/mol. The van der Waals surface area contributed by atoms with Crippen molar-refractivity contribution in [3.8, 4) is 23.0 Å². The minimum atomic E-state index is -0.533. The number of halogens is 1. The van der Waals surface area contributed by atoms with E-state index in [0.29, 0.717) is 35.0 Å². The van der Waals surface area contributed by atoms with E-state index in [9.17, 15) is 9.59 Å². The fourth-order valence-corrected chi connectivity index (χ4v) is 3.19. The van der Waals surface area contributed by atoms with Gasteiger partial charge in [-0.25, -0.2) is 10.2 Å². The van der Waals surface area contributed by atoms with E-state index >= 15 is 0 Å². The fraction of sp³-hybridized carbons (Fsp3) is 0.160. The van der Waals surface area contributed by atoms with Gasteiger partial charge in [-0.1, -0.05) is 28.1 Å². The Morgan fingerprint density at radius 2 is 1.71 bits per heavy atom. The number of rotatable bonds is 10. The van der Waals surface area contributed by atoms with Crippen molar-refractivity contribution in [1.82, 2.24) is 5.43 Å². The highest BCUT2D eigenvalue weighted by molar-refractivity contribution is 9.10. The average Bonchev–Trinajstić information content (AvgIpc) is 2.85. The van der Waals surface area contributed by atoms with E-state index in [-0.39, 0.29) is 12.4 Å². The summed E-state index contributed by atoms with van der Waals surface area (Å²) < 4.78 is 22.3. The summed E-state index contributed by atoms with van der Waals surface area (Å²) in [4.78, 5) is 24.7. The molecule has 3 aromatic rings. The Morgan fingerprint density at radius 1 is 0.971 bits per heavy atom. The second-order valence-corrected chi connectivity index (χ2v) is 7.68. The van der Waals surface area contributed by atoms with Crippen LogP contribution in [-0.2, 0) is 4.79 Å². The molecule has 1 N–H and O–H groups in total. The zero-order chi connectivity index (χ0) is 24.3. The molecule has 0 heterocycles. The van der Waals surface area contributed by atoms with Gasteiger partial charge < -0.3 is 18.9 Å². The maximum atomic E-state index is 12.6. The Hall–Kier alpha value is -3.85. The summed E-state index contributed by atoms with van der Waals surface area (Å²) in [6.07, 6.45) is 1.38. The number of amides is 1. The minimum absolute atomic E-state index is 0.254. The Morgan fingerprint density at radius 3 is 2.41 bits per heavy atom. The maximum absolute atomic E-state index is 12.6. The van der Waals surface area contributed by atoms with Crippen molar-refractivity contribution in [1.29, 1.82) is 0 Å².